The highest BCUT2D eigenvalue weighted by Crippen LogP contribution is 2.18. The lowest BCUT2D eigenvalue weighted by atomic mass is 10.2. The van der Waals surface area contributed by atoms with Gasteiger partial charge in [-0.2, -0.15) is 9.50 Å². The van der Waals surface area contributed by atoms with Gasteiger partial charge in [0.05, 0.1) is 6.54 Å². The van der Waals surface area contributed by atoms with Crippen molar-refractivity contribution < 1.29 is 0 Å². The standard InChI is InChI=1S/C17H16N6O/c1-11-9-15(24)23-17(19-11)21-16(22-23)18-10-13-7-8-14(20-13)12-5-3-2-4-6-12/h2-9,20H,10H2,1H3,(H2,18,19,21,22). The van der Waals surface area contributed by atoms with Gasteiger partial charge in [0, 0.05) is 23.1 Å². The predicted molar refractivity (Wildman–Crippen MR) is 91.9 cm³/mol. The van der Waals surface area contributed by atoms with E-state index in [1.54, 1.807) is 6.92 Å². The number of anilines is 1. The number of aromatic nitrogens is 5. The molecular weight excluding hydrogens is 304 g/mol. The van der Waals surface area contributed by atoms with E-state index in [4.69, 9.17) is 0 Å². The molecule has 7 nitrogen and oxygen atoms in total. The molecule has 3 aromatic heterocycles. The van der Waals surface area contributed by atoms with Gasteiger partial charge in [0.25, 0.3) is 11.3 Å². The molecule has 0 saturated carbocycles. The molecular formula is C17H16N6O. The van der Waals surface area contributed by atoms with Crippen LogP contribution in [0.1, 0.15) is 11.4 Å². The molecule has 0 bridgehead atoms. The Kier molecular flexibility index (Phi) is 3.38. The smallest absolute Gasteiger partial charge is 0.274 e. The number of hydrogen-bond acceptors (Lipinski definition) is 4. The lowest BCUT2D eigenvalue weighted by Crippen LogP contribution is -2.14. The van der Waals surface area contributed by atoms with Crippen LogP contribution in [0.2, 0.25) is 0 Å². The third kappa shape index (κ3) is 2.67. The number of benzene rings is 1. The number of nitrogens with zero attached hydrogens (tertiary/aromatic N) is 3. The van der Waals surface area contributed by atoms with Crippen molar-refractivity contribution in [2.24, 2.45) is 0 Å². The molecule has 1 aromatic carbocycles. The average Bonchev–Trinajstić information content (AvgIpc) is 3.20. The van der Waals surface area contributed by atoms with Crippen molar-refractivity contribution in [3.8, 4) is 11.3 Å². The van der Waals surface area contributed by atoms with Crippen molar-refractivity contribution in [1.29, 1.82) is 0 Å². The van der Waals surface area contributed by atoms with Gasteiger partial charge >= 0.3 is 0 Å². The average molecular weight is 320 g/mol. The van der Waals surface area contributed by atoms with Crippen LogP contribution >= 0.6 is 0 Å². The summed E-state index contributed by atoms with van der Waals surface area (Å²) in [6.45, 7) is 2.33. The molecule has 4 aromatic rings. The van der Waals surface area contributed by atoms with Crippen molar-refractivity contribution in [1.82, 2.24) is 24.6 Å². The summed E-state index contributed by atoms with van der Waals surface area (Å²) in [5.41, 5.74) is 3.69. The topological polar surface area (TPSA) is 90.9 Å². The molecule has 0 saturated heterocycles. The fraction of sp³-hybridized carbons (Fsp3) is 0.118. The summed E-state index contributed by atoms with van der Waals surface area (Å²) in [7, 11) is 0. The van der Waals surface area contributed by atoms with Gasteiger partial charge in [0.2, 0.25) is 5.95 Å². The maximum atomic E-state index is 11.9. The molecule has 3 N–H and O–H groups in total. The summed E-state index contributed by atoms with van der Waals surface area (Å²) in [6.07, 6.45) is 0. The minimum Gasteiger partial charge on any atom is -0.357 e. The van der Waals surface area contributed by atoms with E-state index in [0.29, 0.717) is 24.0 Å². The van der Waals surface area contributed by atoms with Gasteiger partial charge in [-0.3, -0.25) is 9.89 Å². The normalized spacial score (nSPS) is 11.0. The largest absolute Gasteiger partial charge is 0.357 e. The van der Waals surface area contributed by atoms with E-state index in [-0.39, 0.29) is 5.56 Å². The summed E-state index contributed by atoms with van der Waals surface area (Å²) < 4.78 is 1.32. The minimum absolute atomic E-state index is 0.177. The van der Waals surface area contributed by atoms with Gasteiger partial charge < -0.3 is 10.3 Å². The molecule has 0 amide bonds. The van der Waals surface area contributed by atoms with Crippen LogP contribution in [0.5, 0.6) is 0 Å². The second-order valence-electron chi connectivity index (χ2n) is 5.56. The van der Waals surface area contributed by atoms with Gasteiger partial charge in [-0.05, 0) is 24.6 Å². The summed E-state index contributed by atoms with van der Waals surface area (Å²) >= 11 is 0. The molecule has 3 heterocycles. The van der Waals surface area contributed by atoms with E-state index in [0.717, 1.165) is 17.0 Å². The summed E-state index contributed by atoms with van der Waals surface area (Å²) in [6, 6.07) is 15.7. The fourth-order valence-corrected chi connectivity index (χ4v) is 2.58. The Morgan fingerprint density at radius 2 is 1.96 bits per heavy atom. The van der Waals surface area contributed by atoms with Crippen molar-refractivity contribution >= 4 is 11.7 Å². The highest BCUT2D eigenvalue weighted by Gasteiger charge is 2.07. The Labute approximate surface area is 137 Å². The SMILES string of the molecule is Cc1cc(=O)n2[nH]c(NCc3ccc(-c4ccccc4)[nH]3)nc2n1. The van der Waals surface area contributed by atoms with Gasteiger partial charge in [-0.1, -0.05) is 30.3 Å². The second kappa shape index (κ2) is 5.69. The van der Waals surface area contributed by atoms with Gasteiger partial charge in [0.15, 0.2) is 0 Å². The van der Waals surface area contributed by atoms with Crippen LogP contribution < -0.4 is 10.9 Å². The van der Waals surface area contributed by atoms with Gasteiger partial charge in [0.1, 0.15) is 0 Å². The fourth-order valence-electron chi connectivity index (χ4n) is 2.58. The number of H-pyrrole nitrogens is 2. The molecule has 0 atom stereocenters. The number of fused-ring (bicyclic) bond motifs is 1. The van der Waals surface area contributed by atoms with Crippen LogP contribution in [-0.4, -0.2) is 24.6 Å². The zero-order valence-corrected chi connectivity index (χ0v) is 13.1. The highest BCUT2D eigenvalue weighted by molar-refractivity contribution is 5.59. The molecule has 7 heteroatoms. The first-order chi connectivity index (χ1) is 11.7. The molecule has 0 fully saturated rings. The Morgan fingerprint density at radius 3 is 2.79 bits per heavy atom. The third-order valence-corrected chi connectivity index (χ3v) is 3.74. The van der Waals surface area contributed by atoms with Crippen LogP contribution in [0.25, 0.3) is 17.0 Å². The summed E-state index contributed by atoms with van der Waals surface area (Å²) in [5.74, 6) is 0.861. The summed E-state index contributed by atoms with van der Waals surface area (Å²) in [4.78, 5) is 23.7. The van der Waals surface area contributed by atoms with Crippen molar-refractivity contribution in [2.45, 2.75) is 13.5 Å². The van der Waals surface area contributed by atoms with Crippen molar-refractivity contribution in [3.05, 3.63) is 70.3 Å². The van der Waals surface area contributed by atoms with Crippen molar-refractivity contribution in [3.63, 3.8) is 0 Å². The molecule has 0 radical (unpaired) electrons. The van der Waals surface area contributed by atoms with E-state index in [2.05, 4.69) is 37.5 Å². The maximum absolute atomic E-state index is 11.9. The third-order valence-electron chi connectivity index (χ3n) is 3.74. The zero-order valence-electron chi connectivity index (χ0n) is 13.1. The predicted octanol–water partition coefficient (Wildman–Crippen LogP) is 2.33. The first-order valence-electron chi connectivity index (χ1n) is 7.63. The molecule has 120 valence electrons. The van der Waals surface area contributed by atoms with E-state index in [1.807, 2.05) is 30.3 Å². The number of hydrogen-bond donors (Lipinski definition) is 3. The monoisotopic (exact) mass is 320 g/mol. The first kappa shape index (κ1) is 14.3. The van der Waals surface area contributed by atoms with Crippen molar-refractivity contribution in [2.75, 3.05) is 5.32 Å². The van der Waals surface area contributed by atoms with E-state index >= 15 is 0 Å². The molecule has 0 aliphatic heterocycles. The van der Waals surface area contributed by atoms with Crippen LogP contribution in [0.3, 0.4) is 0 Å². The Morgan fingerprint density at radius 1 is 1.12 bits per heavy atom. The van der Waals surface area contributed by atoms with Gasteiger partial charge in [-0.15, -0.1) is 0 Å². The Balaban J connectivity index is 1.52. The van der Waals surface area contributed by atoms with Crippen LogP contribution in [0, 0.1) is 6.92 Å². The van der Waals surface area contributed by atoms with Gasteiger partial charge in [-0.25, -0.2) is 4.98 Å². The van der Waals surface area contributed by atoms with Crippen LogP contribution in [-0.2, 0) is 6.54 Å². The Hall–Kier alpha value is -3.35. The lowest BCUT2D eigenvalue weighted by Gasteiger charge is -2.00. The molecule has 0 unspecified atom stereocenters. The molecule has 0 spiro atoms. The molecule has 0 aliphatic rings. The number of aromatic amines is 2. The van der Waals surface area contributed by atoms with Crippen LogP contribution in [0.15, 0.2) is 53.3 Å². The summed E-state index contributed by atoms with van der Waals surface area (Å²) in [5, 5.41) is 6.07. The highest BCUT2D eigenvalue weighted by atomic mass is 16.1. The second-order valence-corrected chi connectivity index (χ2v) is 5.56. The maximum Gasteiger partial charge on any atom is 0.274 e. The number of rotatable bonds is 4. The zero-order chi connectivity index (χ0) is 16.5. The minimum atomic E-state index is -0.177. The van der Waals surface area contributed by atoms with Crippen LogP contribution in [0.4, 0.5) is 5.95 Å². The number of nitrogens with one attached hydrogen (secondary N) is 3. The molecule has 0 aliphatic carbocycles. The number of aryl methyl sites for hydroxylation is 1. The first-order valence-corrected chi connectivity index (χ1v) is 7.63. The van der Waals surface area contributed by atoms with E-state index < -0.39 is 0 Å². The van der Waals surface area contributed by atoms with E-state index in [9.17, 15) is 4.79 Å². The lowest BCUT2D eigenvalue weighted by molar-refractivity contribution is 0.885. The molecule has 4 rings (SSSR count). The molecule has 24 heavy (non-hydrogen) atoms. The van der Waals surface area contributed by atoms with E-state index in [1.165, 1.54) is 10.6 Å². The quantitative estimate of drug-likeness (QED) is 0.538. The Bertz CT molecular complexity index is 1040.